The minimum atomic E-state index is -0.895. The smallest absolute Gasteiger partial charge is 0.404 e. The van der Waals surface area contributed by atoms with Gasteiger partial charge in [-0.25, -0.2) is 4.79 Å². The largest absolute Gasteiger partial charge is 0.465 e. The number of amides is 1. The van der Waals surface area contributed by atoms with Gasteiger partial charge in [0.25, 0.3) is 0 Å². The first-order valence-corrected chi connectivity index (χ1v) is 4.75. The predicted octanol–water partition coefficient (Wildman–Crippen LogP) is 1.13. The monoisotopic (exact) mass is 186 g/mol. The molecule has 0 aromatic rings. The summed E-state index contributed by atoms with van der Waals surface area (Å²) in [6, 6.07) is 0.806. The van der Waals surface area contributed by atoms with Crippen molar-refractivity contribution in [3.05, 3.63) is 0 Å². The predicted molar refractivity (Wildman–Crippen MR) is 50.9 cm³/mol. The Hall–Kier alpha value is -0.770. The van der Waals surface area contributed by atoms with E-state index in [1.807, 2.05) is 0 Å². The molecule has 1 rings (SSSR count). The zero-order chi connectivity index (χ0) is 9.84. The van der Waals surface area contributed by atoms with E-state index in [0.29, 0.717) is 6.04 Å². The topological polar surface area (TPSA) is 52.6 Å². The van der Waals surface area contributed by atoms with Gasteiger partial charge in [-0.05, 0) is 39.8 Å². The van der Waals surface area contributed by atoms with E-state index in [0.717, 1.165) is 25.7 Å². The van der Waals surface area contributed by atoms with Crippen LogP contribution in [0.4, 0.5) is 4.79 Å². The van der Waals surface area contributed by atoms with E-state index in [2.05, 4.69) is 24.3 Å². The zero-order valence-corrected chi connectivity index (χ0v) is 8.29. The zero-order valence-electron chi connectivity index (χ0n) is 8.29. The summed E-state index contributed by atoms with van der Waals surface area (Å²) in [6.07, 6.45) is 3.23. The van der Waals surface area contributed by atoms with Crippen LogP contribution in [-0.2, 0) is 0 Å². The highest BCUT2D eigenvalue weighted by Gasteiger charge is 2.22. The molecule has 1 fully saturated rings. The molecule has 1 aliphatic rings. The average Bonchev–Trinajstić information content (AvgIpc) is 2.04. The van der Waals surface area contributed by atoms with Crippen LogP contribution in [0.1, 0.15) is 25.7 Å². The minimum Gasteiger partial charge on any atom is -0.465 e. The molecule has 4 nitrogen and oxygen atoms in total. The number of nitrogens with one attached hydrogen (secondary N) is 1. The van der Waals surface area contributed by atoms with Crippen molar-refractivity contribution < 1.29 is 9.90 Å². The van der Waals surface area contributed by atoms with Crippen LogP contribution < -0.4 is 5.32 Å². The number of hydrogen-bond donors (Lipinski definition) is 2. The van der Waals surface area contributed by atoms with Gasteiger partial charge in [-0.2, -0.15) is 0 Å². The Kier molecular flexibility index (Phi) is 3.54. The first-order valence-electron chi connectivity index (χ1n) is 4.75. The standard InChI is InChI=1S/C9H18N2O2/c1-11(2)8-5-3-7(4-6-8)10-9(12)13/h7-8,10H,3-6H2,1-2H3,(H,12,13). The van der Waals surface area contributed by atoms with Gasteiger partial charge in [-0.15, -0.1) is 0 Å². The molecule has 0 atom stereocenters. The Bertz CT molecular complexity index is 174. The fraction of sp³-hybridized carbons (Fsp3) is 0.889. The van der Waals surface area contributed by atoms with Crippen LogP contribution in [0.25, 0.3) is 0 Å². The molecule has 1 aliphatic carbocycles. The molecule has 1 amide bonds. The van der Waals surface area contributed by atoms with Crippen molar-refractivity contribution in [1.82, 2.24) is 10.2 Å². The lowest BCUT2D eigenvalue weighted by Gasteiger charge is -2.32. The van der Waals surface area contributed by atoms with Crippen LogP contribution in [0.2, 0.25) is 0 Å². The lowest BCUT2D eigenvalue weighted by molar-refractivity contribution is 0.172. The van der Waals surface area contributed by atoms with Crippen LogP contribution >= 0.6 is 0 Å². The molecule has 1 saturated carbocycles. The van der Waals surface area contributed by atoms with Crippen LogP contribution in [0.5, 0.6) is 0 Å². The summed E-state index contributed by atoms with van der Waals surface area (Å²) in [5.74, 6) is 0. The molecule has 2 N–H and O–H groups in total. The lowest BCUT2D eigenvalue weighted by Crippen LogP contribution is -2.41. The average molecular weight is 186 g/mol. The number of rotatable bonds is 2. The molecule has 0 aromatic carbocycles. The number of carboxylic acid groups (broad SMARTS) is 1. The van der Waals surface area contributed by atoms with Crippen molar-refractivity contribution in [3.8, 4) is 0 Å². The Morgan fingerprint density at radius 1 is 1.31 bits per heavy atom. The van der Waals surface area contributed by atoms with Gasteiger partial charge in [0.05, 0.1) is 0 Å². The number of nitrogens with zero attached hydrogens (tertiary/aromatic N) is 1. The van der Waals surface area contributed by atoms with Crippen molar-refractivity contribution >= 4 is 6.09 Å². The van der Waals surface area contributed by atoms with Gasteiger partial charge in [0.15, 0.2) is 0 Å². The third kappa shape index (κ3) is 3.22. The fourth-order valence-corrected chi connectivity index (χ4v) is 1.91. The first-order chi connectivity index (χ1) is 6.09. The van der Waals surface area contributed by atoms with Crippen molar-refractivity contribution in [2.45, 2.75) is 37.8 Å². The third-order valence-corrected chi connectivity index (χ3v) is 2.75. The second kappa shape index (κ2) is 4.46. The summed E-state index contributed by atoms with van der Waals surface area (Å²) >= 11 is 0. The van der Waals surface area contributed by atoms with E-state index in [1.165, 1.54) is 0 Å². The van der Waals surface area contributed by atoms with Gasteiger partial charge in [-0.1, -0.05) is 0 Å². The Balaban J connectivity index is 2.26. The van der Waals surface area contributed by atoms with Crippen LogP contribution in [-0.4, -0.2) is 42.3 Å². The van der Waals surface area contributed by atoms with Gasteiger partial charge >= 0.3 is 6.09 Å². The van der Waals surface area contributed by atoms with E-state index in [9.17, 15) is 4.79 Å². The second-order valence-electron chi connectivity index (χ2n) is 3.92. The summed E-state index contributed by atoms with van der Waals surface area (Å²) in [5.41, 5.74) is 0. The first kappa shape index (κ1) is 10.3. The van der Waals surface area contributed by atoms with Gasteiger partial charge in [0.2, 0.25) is 0 Å². The van der Waals surface area contributed by atoms with Gasteiger partial charge in [0.1, 0.15) is 0 Å². The van der Waals surface area contributed by atoms with Gasteiger partial charge in [0, 0.05) is 12.1 Å². The quantitative estimate of drug-likeness (QED) is 0.679. The van der Waals surface area contributed by atoms with E-state index in [4.69, 9.17) is 5.11 Å². The molecule has 0 aromatic heterocycles. The normalized spacial score (nSPS) is 28.8. The summed E-state index contributed by atoms with van der Waals surface area (Å²) in [7, 11) is 4.16. The highest BCUT2D eigenvalue weighted by atomic mass is 16.4. The van der Waals surface area contributed by atoms with Crippen LogP contribution in [0, 0.1) is 0 Å². The van der Waals surface area contributed by atoms with E-state index < -0.39 is 6.09 Å². The maximum atomic E-state index is 10.4. The van der Waals surface area contributed by atoms with Crippen LogP contribution in [0.3, 0.4) is 0 Å². The van der Waals surface area contributed by atoms with Crippen molar-refractivity contribution in [2.75, 3.05) is 14.1 Å². The minimum absolute atomic E-state index is 0.175. The SMILES string of the molecule is CN(C)C1CCC(NC(=O)O)CC1. The molecule has 0 aliphatic heterocycles. The van der Waals surface area contributed by atoms with Crippen LogP contribution in [0.15, 0.2) is 0 Å². The summed E-state index contributed by atoms with van der Waals surface area (Å²) in [6.45, 7) is 0. The highest BCUT2D eigenvalue weighted by molar-refractivity contribution is 5.64. The molecule has 0 saturated heterocycles. The second-order valence-corrected chi connectivity index (χ2v) is 3.92. The molecule has 4 heteroatoms. The Labute approximate surface area is 78.9 Å². The number of carbonyl (C=O) groups is 1. The molecule has 76 valence electrons. The van der Waals surface area contributed by atoms with Crippen molar-refractivity contribution in [2.24, 2.45) is 0 Å². The molecule has 0 spiro atoms. The molecule has 0 bridgehead atoms. The summed E-state index contributed by atoms with van der Waals surface area (Å²) in [4.78, 5) is 12.6. The van der Waals surface area contributed by atoms with E-state index in [-0.39, 0.29) is 6.04 Å². The third-order valence-electron chi connectivity index (χ3n) is 2.75. The maximum Gasteiger partial charge on any atom is 0.404 e. The van der Waals surface area contributed by atoms with E-state index in [1.54, 1.807) is 0 Å². The highest BCUT2D eigenvalue weighted by Crippen LogP contribution is 2.21. The molecule has 0 heterocycles. The molecular formula is C9H18N2O2. The van der Waals surface area contributed by atoms with Crippen molar-refractivity contribution in [3.63, 3.8) is 0 Å². The molecule has 0 radical (unpaired) electrons. The Morgan fingerprint density at radius 3 is 2.23 bits per heavy atom. The number of hydrogen-bond acceptors (Lipinski definition) is 2. The van der Waals surface area contributed by atoms with Gasteiger partial charge in [-0.3, -0.25) is 0 Å². The molecular weight excluding hydrogens is 168 g/mol. The fourth-order valence-electron chi connectivity index (χ4n) is 1.91. The summed E-state index contributed by atoms with van der Waals surface area (Å²) < 4.78 is 0. The maximum absolute atomic E-state index is 10.4. The van der Waals surface area contributed by atoms with Crippen molar-refractivity contribution in [1.29, 1.82) is 0 Å². The summed E-state index contributed by atoms with van der Waals surface area (Å²) in [5, 5.41) is 11.1. The van der Waals surface area contributed by atoms with E-state index >= 15 is 0 Å². The molecule has 13 heavy (non-hydrogen) atoms. The Morgan fingerprint density at radius 2 is 1.85 bits per heavy atom. The lowest BCUT2D eigenvalue weighted by atomic mass is 9.91. The molecule has 0 unspecified atom stereocenters. The van der Waals surface area contributed by atoms with Gasteiger partial charge < -0.3 is 15.3 Å².